The van der Waals surface area contributed by atoms with E-state index in [4.69, 9.17) is 9.47 Å². The van der Waals surface area contributed by atoms with Gasteiger partial charge in [0.15, 0.2) is 0 Å². The molecule has 1 heterocycles. The molecule has 0 amide bonds. The highest BCUT2D eigenvalue weighted by Crippen LogP contribution is 2.21. The molecule has 1 aliphatic heterocycles. The molecule has 0 aliphatic carbocycles. The molecule has 1 fully saturated rings. The molecule has 3 nitrogen and oxygen atoms in total. The van der Waals surface area contributed by atoms with Crippen LogP contribution in [0.4, 0.5) is 8.78 Å². The summed E-state index contributed by atoms with van der Waals surface area (Å²) in [5, 5.41) is 0. The molecule has 0 atom stereocenters. The van der Waals surface area contributed by atoms with Gasteiger partial charge in [-0.2, -0.15) is 0 Å². The number of halogens is 2. The van der Waals surface area contributed by atoms with E-state index in [0.717, 1.165) is 39.3 Å². The molecule has 0 radical (unpaired) electrons. The highest BCUT2D eigenvalue weighted by Gasteiger charge is 2.09. The number of benzene rings is 1. The zero-order chi connectivity index (χ0) is 13.5. The van der Waals surface area contributed by atoms with E-state index in [0.29, 0.717) is 12.4 Å². The molecule has 1 aliphatic rings. The Bertz CT molecular complexity index is 364. The van der Waals surface area contributed by atoms with Crippen LogP contribution in [0.5, 0.6) is 5.75 Å². The van der Waals surface area contributed by atoms with E-state index in [9.17, 15) is 8.78 Å². The molecular formula is C14H19F2NO2. The second kappa shape index (κ2) is 7.40. The summed E-state index contributed by atoms with van der Waals surface area (Å²) in [5.74, 6) is 0.645. The molecule has 19 heavy (non-hydrogen) atoms. The largest absolute Gasteiger partial charge is 0.494 e. The average molecular weight is 271 g/mol. The van der Waals surface area contributed by atoms with Crippen molar-refractivity contribution in [3.63, 3.8) is 0 Å². The fourth-order valence-electron chi connectivity index (χ4n) is 2.01. The van der Waals surface area contributed by atoms with Gasteiger partial charge >= 0.3 is 0 Å². The van der Waals surface area contributed by atoms with E-state index in [-0.39, 0.29) is 5.56 Å². The molecule has 0 saturated carbocycles. The summed E-state index contributed by atoms with van der Waals surface area (Å²) in [6, 6.07) is 6.00. The molecule has 0 N–H and O–H groups in total. The van der Waals surface area contributed by atoms with Gasteiger partial charge in [0, 0.05) is 25.2 Å². The topological polar surface area (TPSA) is 21.7 Å². The van der Waals surface area contributed by atoms with Crippen molar-refractivity contribution in [1.82, 2.24) is 4.90 Å². The predicted octanol–water partition coefficient (Wildman–Crippen LogP) is 2.73. The van der Waals surface area contributed by atoms with Crippen molar-refractivity contribution in [2.24, 2.45) is 0 Å². The van der Waals surface area contributed by atoms with Crippen LogP contribution in [0.1, 0.15) is 18.4 Å². The Hall–Kier alpha value is -1.20. The summed E-state index contributed by atoms with van der Waals surface area (Å²) in [4.78, 5) is 2.34. The maximum Gasteiger partial charge on any atom is 0.263 e. The maximum atomic E-state index is 12.4. The summed E-state index contributed by atoms with van der Waals surface area (Å²) in [5.41, 5.74) is 0.0284. The molecule has 5 heteroatoms. The first-order valence-electron chi connectivity index (χ1n) is 6.57. The summed E-state index contributed by atoms with van der Waals surface area (Å²) in [6.07, 6.45) is -1.49. The van der Waals surface area contributed by atoms with Crippen molar-refractivity contribution < 1.29 is 18.3 Å². The van der Waals surface area contributed by atoms with Gasteiger partial charge in [0.05, 0.1) is 19.8 Å². The average Bonchev–Trinajstić information content (AvgIpc) is 2.45. The Morgan fingerprint density at radius 3 is 2.47 bits per heavy atom. The van der Waals surface area contributed by atoms with Crippen molar-refractivity contribution >= 4 is 0 Å². The van der Waals surface area contributed by atoms with Gasteiger partial charge in [-0.05, 0) is 30.7 Å². The minimum absolute atomic E-state index is 0.0284. The van der Waals surface area contributed by atoms with Crippen LogP contribution in [0, 0.1) is 0 Å². The van der Waals surface area contributed by atoms with Gasteiger partial charge in [-0.3, -0.25) is 4.90 Å². The van der Waals surface area contributed by atoms with Gasteiger partial charge in [-0.15, -0.1) is 0 Å². The fraction of sp³-hybridized carbons (Fsp3) is 0.571. The third kappa shape index (κ3) is 4.76. The lowest BCUT2D eigenvalue weighted by Crippen LogP contribution is -2.37. The lowest BCUT2D eigenvalue weighted by atomic mass is 10.2. The molecule has 106 valence electrons. The smallest absolute Gasteiger partial charge is 0.263 e. The Kier molecular flexibility index (Phi) is 5.54. The third-order valence-electron chi connectivity index (χ3n) is 3.12. The van der Waals surface area contributed by atoms with E-state index in [1.165, 1.54) is 12.1 Å². The summed E-state index contributed by atoms with van der Waals surface area (Å²) >= 11 is 0. The number of hydrogen-bond donors (Lipinski definition) is 0. The van der Waals surface area contributed by atoms with E-state index in [1.54, 1.807) is 12.1 Å². The van der Waals surface area contributed by atoms with Crippen LogP contribution in [-0.4, -0.2) is 44.4 Å². The standard InChI is InChI=1S/C14H19F2NO2/c15-14(16)12-2-4-13(5-3-12)19-9-1-6-17-7-10-18-11-8-17/h2-5,14H,1,6-11H2. The molecule has 1 aromatic rings. The predicted molar refractivity (Wildman–Crippen MR) is 68.8 cm³/mol. The quantitative estimate of drug-likeness (QED) is 0.743. The summed E-state index contributed by atoms with van der Waals surface area (Å²) < 4.78 is 35.5. The molecule has 1 saturated heterocycles. The number of alkyl halides is 2. The van der Waals surface area contributed by atoms with Crippen molar-refractivity contribution in [3.05, 3.63) is 29.8 Å². The zero-order valence-electron chi connectivity index (χ0n) is 10.9. The lowest BCUT2D eigenvalue weighted by molar-refractivity contribution is 0.0358. The Balaban J connectivity index is 1.64. The number of rotatable bonds is 6. The third-order valence-corrected chi connectivity index (χ3v) is 3.12. The van der Waals surface area contributed by atoms with Gasteiger partial charge in [-0.1, -0.05) is 0 Å². The maximum absolute atomic E-state index is 12.4. The van der Waals surface area contributed by atoms with Crippen molar-refractivity contribution in [2.75, 3.05) is 39.5 Å². The second-order valence-corrected chi connectivity index (χ2v) is 4.53. The van der Waals surface area contributed by atoms with Crippen LogP contribution in [0.3, 0.4) is 0 Å². The summed E-state index contributed by atoms with van der Waals surface area (Å²) in [7, 11) is 0. The van der Waals surface area contributed by atoms with Gasteiger partial charge in [-0.25, -0.2) is 8.78 Å². The normalized spacial score (nSPS) is 16.8. The van der Waals surface area contributed by atoms with Crippen LogP contribution in [0.25, 0.3) is 0 Å². The van der Waals surface area contributed by atoms with Crippen molar-refractivity contribution in [3.8, 4) is 5.75 Å². The van der Waals surface area contributed by atoms with Crippen LogP contribution < -0.4 is 4.74 Å². The minimum atomic E-state index is -2.42. The molecule has 0 spiro atoms. The Morgan fingerprint density at radius 1 is 1.16 bits per heavy atom. The van der Waals surface area contributed by atoms with Crippen LogP contribution >= 0.6 is 0 Å². The van der Waals surface area contributed by atoms with E-state index < -0.39 is 6.43 Å². The van der Waals surface area contributed by atoms with Crippen LogP contribution in [-0.2, 0) is 4.74 Å². The molecular weight excluding hydrogens is 252 g/mol. The van der Waals surface area contributed by atoms with Gasteiger partial charge in [0.25, 0.3) is 6.43 Å². The van der Waals surface area contributed by atoms with Gasteiger partial charge < -0.3 is 9.47 Å². The second-order valence-electron chi connectivity index (χ2n) is 4.53. The van der Waals surface area contributed by atoms with Crippen LogP contribution in [0.15, 0.2) is 24.3 Å². The first-order chi connectivity index (χ1) is 9.25. The Labute approximate surface area is 112 Å². The molecule has 1 aromatic carbocycles. The van der Waals surface area contributed by atoms with E-state index in [1.807, 2.05) is 0 Å². The lowest BCUT2D eigenvalue weighted by Gasteiger charge is -2.26. The van der Waals surface area contributed by atoms with Gasteiger partial charge in [0.2, 0.25) is 0 Å². The monoisotopic (exact) mass is 271 g/mol. The van der Waals surface area contributed by atoms with Gasteiger partial charge in [0.1, 0.15) is 5.75 Å². The SMILES string of the molecule is FC(F)c1ccc(OCCCN2CCOCC2)cc1. The van der Waals surface area contributed by atoms with Crippen LogP contribution in [0.2, 0.25) is 0 Å². The number of ether oxygens (including phenoxy) is 2. The first kappa shape index (κ1) is 14.2. The highest BCUT2D eigenvalue weighted by molar-refractivity contribution is 5.27. The van der Waals surface area contributed by atoms with E-state index in [2.05, 4.69) is 4.90 Å². The molecule has 2 rings (SSSR count). The number of hydrogen-bond acceptors (Lipinski definition) is 3. The number of morpholine rings is 1. The number of nitrogens with zero attached hydrogens (tertiary/aromatic N) is 1. The Morgan fingerprint density at radius 2 is 1.84 bits per heavy atom. The van der Waals surface area contributed by atoms with Crippen molar-refractivity contribution in [1.29, 1.82) is 0 Å². The van der Waals surface area contributed by atoms with E-state index >= 15 is 0 Å². The highest BCUT2D eigenvalue weighted by atomic mass is 19.3. The zero-order valence-corrected chi connectivity index (χ0v) is 10.9. The van der Waals surface area contributed by atoms with Crippen molar-refractivity contribution in [2.45, 2.75) is 12.8 Å². The summed E-state index contributed by atoms with van der Waals surface area (Å²) in [6.45, 7) is 5.14. The fourth-order valence-corrected chi connectivity index (χ4v) is 2.01. The molecule has 0 aromatic heterocycles. The molecule has 0 unspecified atom stereocenters. The first-order valence-corrected chi connectivity index (χ1v) is 6.57. The minimum Gasteiger partial charge on any atom is -0.494 e. The molecule has 0 bridgehead atoms.